The van der Waals surface area contributed by atoms with Crippen LogP contribution in [0.5, 0.6) is 17.2 Å². The van der Waals surface area contributed by atoms with E-state index in [-0.39, 0.29) is 12.5 Å². The zero-order valence-electron chi connectivity index (χ0n) is 21.9. The molecule has 3 aromatic rings. The molecule has 0 saturated carbocycles. The van der Waals surface area contributed by atoms with E-state index in [1.807, 2.05) is 32.0 Å². The molecule has 0 fully saturated rings. The summed E-state index contributed by atoms with van der Waals surface area (Å²) >= 11 is 0. The van der Waals surface area contributed by atoms with Gasteiger partial charge in [-0.15, -0.1) is 0 Å². The molecule has 3 rings (SSSR count). The Morgan fingerprint density at radius 3 is 2.36 bits per heavy atom. The molecule has 0 aliphatic heterocycles. The highest BCUT2D eigenvalue weighted by Crippen LogP contribution is 2.27. The molecule has 10 heteroatoms. The first kappa shape index (κ1) is 28.5. The summed E-state index contributed by atoms with van der Waals surface area (Å²) in [4.78, 5) is 36.5. The fourth-order valence-electron chi connectivity index (χ4n) is 3.36. The van der Waals surface area contributed by atoms with Crippen molar-refractivity contribution in [2.24, 2.45) is 5.10 Å². The monoisotopic (exact) mass is 530 g/mol. The molecule has 0 aliphatic rings. The van der Waals surface area contributed by atoms with Crippen LogP contribution < -0.4 is 30.3 Å². The first-order valence-corrected chi connectivity index (χ1v) is 11.9. The molecule has 3 amide bonds. The van der Waals surface area contributed by atoms with Gasteiger partial charge in [0.1, 0.15) is 12.4 Å². The predicted molar refractivity (Wildman–Crippen MR) is 150 cm³/mol. The fraction of sp³-hybridized carbons (Fsp3) is 0.172. The molecule has 3 N–H and O–H groups in total. The zero-order chi connectivity index (χ0) is 28.2. The largest absolute Gasteiger partial charge is 0.493 e. The number of carbonyl (C=O) groups excluding carboxylic acids is 3. The van der Waals surface area contributed by atoms with Gasteiger partial charge in [-0.1, -0.05) is 30.4 Å². The molecular weight excluding hydrogens is 500 g/mol. The predicted octanol–water partition coefficient (Wildman–Crippen LogP) is 3.98. The van der Waals surface area contributed by atoms with E-state index in [0.717, 1.165) is 16.8 Å². The van der Waals surface area contributed by atoms with E-state index in [4.69, 9.17) is 14.2 Å². The SMILES string of the molecule is C=CCOc1ccc(NC(=O)C(=O)N/N=C\c2ccc(OCC(=O)Nc3ccc(C)cc3C)c(OC)c2)cc1. The third-order valence-corrected chi connectivity index (χ3v) is 5.27. The Morgan fingerprint density at radius 1 is 0.897 bits per heavy atom. The molecule has 0 spiro atoms. The number of anilines is 2. The molecule has 0 bridgehead atoms. The third-order valence-electron chi connectivity index (χ3n) is 5.27. The van der Waals surface area contributed by atoms with Gasteiger partial charge >= 0.3 is 11.8 Å². The maximum Gasteiger partial charge on any atom is 0.329 e. The normalized spacial score (nSPS) is 10.4. The summed E-state index contributed by atoms with van der Waals surface area (Å²) in [6.07, 6.45) is 2.96. The maximum absolute atomic E-state index is 12.3. The van der Waals surface area contributed by atoms with Crippen LogP contribution in [-0.2, 0) is 14.4 Å². The van der Waals surface area contributed by atoms with Crippen LogP contribution in [0.2, 0.25) is 0 Å². The minimum absolute atomic E-state index is 0.215. The number of methoxy groups -OCH3 is 1. The topological polar surface area (TPSA) is 127 Å². The molecule has 0 aromatic heterocycles. The van der Waals surface area contributed by atoms with Crippen molar-refractivity contribution in [3.8, 4) is 17.2 Å². The van der Waals surface area contributed by atoms with E-state index < -0.39 is 11.8 Å². The number of aryl methyl sites for hydroxylation is 2. The van der Waals surface area contributed by atoms with Crippen molar-refractivity contribution in [3.63, 3.8) is 0 Å². The summed E-state index contributed by atoms with van der Waals surface area (Å²) in [6, 6.07) is 17.2. The Kier molecular flexibility index (Phi) is 10.2. The van der Waals surface area contributed by atoms with Gasteiger partial charge in [0, 0.05) is 11.4 Å². The van der Waals surface area contributed by atoms with E-state index in [1.165, 1.54) is 13.3 Å². The minimum atomic E-state index is -0.944. The smallest absolute Gasteiger partial charge is 0.329 e. The first-order chi connectivity index (χ1) is 18.8. The standard InChI is InChI=1S/C29H30N4O6/c1-5-14-38-23-10-8-22(9-11-23)31-28(35)29(36)33-30-17-21-7-13-25(26(16-21)37-4)39-18-27(34)32-24-12-6-19(2)15-20(24)3/h5-13,15-17H,1,14,18H2,2-4H3,(H,31,35)(H,32,34)(H,33,36)/b30-17-. The van der Waals surface area contributed by atoms with Crippen LogP contribution in [0.25, 0.3) is 0 Å². The minimum Gasteiger partial charge on any atom is -0.493 e. The Hall–Kier alpha value is -5.12. The summed E-state index contributed by atoms with van der Waals surface area (Å²) < 4.78 is 16.3. The number of ether oxygens (including phenoxy) is 3. The Labute approximate surface area is 226 Å². The quantitative estimate of drug-likeness (QED) is 0.149. The lowest BCUT2D eigenvalue weighted by molar-refractivity contribution is -0.136. The van der Waals surface area contributed by atoms with Crippen LogP contribution in [0.1, 0.15) is 16.7 Å². The molecule has 3 aromatic carbocycles. The van der Waals surface area contributed by atoms with Crippen molar-refractivity contribution in [2.75, 3.05) is 31.0 Å². The molecule has 202 valence electrons. The van der Waals surface area contributed by atoms with Crippen molar-refractivity contribution in [3.05, 3.63) is 90.0 Å². The summed E-state index contributed by atoms with van der Waals surface area (Å²) in [5, 5.41) is 9.11. The van der Waals surface area contributed by atoms with Crippen LogP contribution in [0.15, 0.2) is 78.4 Å². The number of hydrazone groups is 1. The highest BCUT2D eigenvalue weighted by molar-refractivity contribution is 6.39. The van der Waals surface area contributed by atoms with Crippen molar-refractivity contribution in [2.45, 2.75) is 13.8 Å². The molecule has 0 heterocycles. The summed E-state index contributed by atoms with van der Waals surface area (Å²) in [6.45, 7) is 7.62. The number of hydrogen-bond acceptors (Lipinski definition) is 7. The lowest BCUT2D eigenvalue weighted by atomic mass is 10.1. The number of benzene rings is 3. The first-order valence-electron chi connectivity index (χ1n) is 11.9. The van der Waals surface area contributed by atoms with Gasteiger partial charge < -0.3 is 24.8 Å². The average Bonchev–Trinajstić information content (AvgIpc) is 2.93. The van der Waals surface area contributed by atoms with Crippen molar-refractivity contribution in [1.29, 1.82) is 0 Å². The molecule has 0 radical (unpaired) electrons. The maximum atomic E-state index is 12.3. The number of carbonyl (C=O) groups is 3. The molecule has 0 aliphatic carbocycles. The van der Waals surface area contributed by atoms with E-state index in [1.54, 1.807) is 48.5 Å². The molecule has 0 atom stereocenters. The summed E-state index contributed by atoms with van der Waals surface area (Å²) in [5.41, 5.74) is 5.94. The van der Waals surface area contributed by atoms with Crippen LogP contribution in [0.4, 0.5) is 11.4 Å². The van der Waals surface area contributed by atoms with Crippen molar-refractivity contribution in [1.82, 2.24) is 5.43 Å². The number of rotatable bonds is 11. The van der Waals surface area contributed by atoms with Crippen molar-refractivity contribution < 1.29 is 28.6 Å². The van der Waals surface area contributed by atoms with Crippen LogP contribution in [-0.4, -0.2) is 44.3 Å². The highest BCUT2D eigenvalue weighted by atomic mass is 16.5. The Morgan fingerprint density at radius 2 is 1.67 bits per heavy atom. The van der Waals surface area contributed by atoms with Crippen LogP contribution in [0.3, 0.4) is 0 Å². The highest BCUT2D eigenvalue weighted by Gasteiger charge is 2.13. The van der Waals surface area contributed by atoms with Crippen molar-refractivity contribution >= 4 is 35.3 Å². The van der Waals surface area contributed by atoms with E-state index in [9.17, 15) is 14.4 Å². The summed E-state index contributed by atoms with van der Waals surface area (Å²) in [7, 11) is 1.46. The number of nitrogens with zero attached hydrogens (tertiary/aromatic N) is 1. The van der Waals surface area contributed by atoms with Crippen LogP contribution in [0, 0.1) is 13.8 Å². The Balaban J connectivity index is 1.50. The molecule has 10 nitrogen and oxygen atoms in total. The number of amides is 3. The lowest BCUT2D eigenvalue weighted by Crippen LogP contribution is -2.32. The van der Waals surface area contributed by atoms with E-state index in [2.05, 4.69) is 27.7 Å². The van der Waals surface area contributed by atoms with E-state index >= 15 is 0 Å². The third kappa shape index (κ3) is 8.74. The Bertz CT molecular complexity index is 1370. The van der Waals surface area contributed by atoms with Gasteiger partial charge in [-0.3, -0.25) is 14.4 Å². The van der Waals surface area contributed by atoms with Gasteiger partial charge in [0.25, 0.3) is 5.91 Å². The van der Waals surface area contributed by atoms with Crippen LogP contribution >= 0.6 is 0 Å². The lowest BCUT2D eigenvalue weighted by Gasteiger charge is -2.12. The number of nitrogens with one attached hydrogen (secondary N) is 3. The van der Waals surface area contributed by atoms with Gasteiger partial charge in [-0.05, 0) is 73.5 Å². The van der Waals surface area contributed by atoms with Gasteiger partial charge in [-0.2, -0.15) is 5.10 Å². The zero-order valence-corrected chi connectivity index (χ0v) is 21.9. The molecule has 0 saturated heterocycles. The van der Waals surface area contributed by atoms with Gasteiger partial charge in [0.2, 0.25) is 0 Å². The van der Waals surface area contributed by atoms with Gasteiger partial charge in [0.05, 0.1) is 13.3 Å². The second-order valence-electron chi connectivity index (χ2n) is 8.34. The fourth-order valence-corrected chi connectivity index (χ4v) is 3.36. The molecular formula is C29H30N4O6. The summed E-state index contributed by atoms with van der Waals surface area (Å²) in [5.74, 6) is -0.813. The molecule has 39 heavy (non-hydrogen) atoms. The van der Waals surface area contributed by atoms with Gasteiger partial charge in [-0.25, -0.2) is 5.43 Å². The number of hydrogen-bond donors (Lipinski definition) is 3. The average molecular weight is 531 g/mol. The molecule has 0 unspecified atom stereocenters. The second-order valence-corrected chi connectivity index (χ2v) is 8.34. The second kappa shape index (κ2) is 14.0. The van der Waals surface area contributed by atoms with Gasteiger partial charge in [0.15, 0.2) is 18.1 Å². The van der Waals surface area contributed by atoms with E-state index in [0.29, 0.717) is 35.1 Å².